The zero-order valence-corrected chi connectivity index (χ0v) is 11.8. The van der Waals surface area contributed by atoms with Crippen LogP contribution in [-0.4, -0.2) is 46.3 Å². The lowest BCUT2D eigenvalue weighted by molar-refractivity contribution is 0.636. The molecule has 0 bridgehead atoms. The third kappa shape index (κ3) is 2.68. The van der Waals surface area contributed by atoms with Gasteiger partial charge in [-0.25, -0.2) is 9.97 Å². The Kier molecular flexibility index (Phi) is 3.45. The first kappa shape index (κ1) is 12.8. The molecule has 0 amide bonds. The summed E-state index contributed by atoms with van der Waals surface area (Å²) in [4.78, 5) is 13.0. The molecule has 1 saturated heterocycles. The molecule has 3 rings (SSSR count). The van der Waals surface area contributed by atoms with Crippen LogP contribution in [-0.2, 0) is 0 Å². The van der Waals surface area contributed by atoms with Gasteiger partial charge in [0.05, 0.1) is 5.69 Å². The van der Waals surface area contributed by atoms with Crippen molar-refractivity contribution in [1.82, 2.24) is 20.2 Å². The number of aryl methyl sites for hydroxylation is 2. The number of hydrogen-bond acceptors (Lipinski definition) is 6. The molecular weight excluding hydrogens is 252 g/mol. The molecule has 6 nitrogen and oxygen atoms in total. The highest BCUT2D eigenvalue weighted by Crippen LogP contribution is 2.17. The van der Waals surface area contributed by atoms with E-state index in [1.807, 2.05) is 32.0 Å². The first-order valence-electron chi connectivity index (χ1n) is 6.81. The van der Waals surface area contributed by atoms with Gasteiger partial charge in [-0.15, -0.1) is 5.10 Å². The Morgan fingerprint density at radius 1 is 0.800 bits per heavy atom. The van der Waals surface area contributed by atoms with Crippen molar-refractivity contribution >= 4 is 11.6 Å². The molecule has 1 aliphatic rings. The van der Waals surface area contributed by atoms with E-state index in [4.69, 9.17) is 0 Å². The minimum Gasteiger partial charge on any atom is -0.353 e. The highest BCUT2D eigenvalue weighted by atomic mass is 15.3. The highest BCUT2D eigenvalue weighted by Gasteiger charge is 2.19. The molecule has 0 atom stereocenters. The smallest absolute Gasteiger partial charge is 0.151 e. The summed E-state index contributed by atoms with van der Waals surface area (Å²) in [5.41, 5.74) is 1.95. The summed E-state index contributed by atoms with van der Waals surface area (Å²) in [6.45, 7) is 7.68. The zero-order valence-electron chi connectivity index (χ0n) is 11.8. The van der Waals surface area contributed by atoms with E-state index in [0.717, 1.165) is 49.2 Å². The molecule has 20 heavy (non-hydrogen) atoms. The maximum absolute atomic E-state index is 4.34. The third-order valence-electron chi connectivity index (χ3n) is 3.50. The average molecular weight is 270 g/mol. The van der Waals surface area contributed by atoms with E-state index < -0.39 is 0 Å². The minimum atomic E-state index is 0.931. The summed E-state index contributed by atoms with van der Waals surface area (Å²) in [6, 6.07) is 6.07. The van der Waals surface area contributed by atoms with Crippen molar-refractivity contribution < 1.29 is 0 Å². The van der Waals surface area contributed by atoms with E-state index >= 15 is 0 Å². The Morgan fingerprint density at radius 2 is 1.50 bits per heavy atom. The Bertz CT molecular complexity index is 574. The second-order valence-electron chi connectivity index (χ2n) is 5.02. The maximum atomic E-state index is 4.34. The standard InChI is InChI=1S/C14H18N6/c1-11-3-4-13(18-17-11)19-5-7-20(8-6-19)14-9-12(2)15-10-16-14/h3-4,9-10H,5-8H2,1-2H3. The van der Waals surface area contributed by atoms with E-state index in [1.54, 1.807) is 6.33 Å². The van der Waals surface area contributed by atoms with Gasteiger partial charge in [0.25, 0.3) is 0 Å². The lowest BCUT2D eigenvalue weighted by Gasteiger charge is -2.35. The highest BCUT2D eigenvalue weighted by molar-refractivity contribution is 5.44. The van der Waals surface area contributed by atoms with E-state index in [-0.39, 0.29) is 0 Å². The van der Waals surface area contributed by atoms with Crippen LogP contribution in [0.15, 0.2) is 24.5 Å². The minimum absolute atomic E-state index is 0.931. The molecule has 104 valence electrons. The second-order valence-corrected chi connectivity index (χ2v) is 5.02. The molecule has 0 radical (unpaired) electrons. The van der Waals surface area contributed by atoms with Gasteiger partial charge in [0.2, 0.25) is 0 Å². The van der Waals surface area contributed by atoms with Gasteiger partial charge < -0.3 is 9.80 Å². The van der Waals surface area contributed by atoms with Crippen LogP contribution in [0.3, 0.4) is 0 Å². The SMILES string of the molecule is Cc1cc(N2CCN(c3ccc(C)nn3)CC2)ncn1. The van der Waals surface area contributed by atoms with Crippen LogP contribution in [0.2, 0.25) is 0 Å². The number of nitrogens with zero attached hydrogens (tertiary/aromatic N) is 6. The van der Waals surface area contributed by atoms with E-state index in [9.17, 15) is 0 Å². The predicted octanol–water partition coefficient (Wildman–Crippen LogP) is 1.21. The molecule has 0 unspecified atom stereocenters. The fourth-order valence-corrected chi connectivity index (χ4v) is 2.34. The van der Waals surface area contributed by atoms with Crippen molar-refractivity contribution in [3.05, 3.63) is 35.9 Å². The number of aromatic nitrogens is 4. The van der Waals surface area contributed by atoms with Crippen LogP contribution in [0.1, 0.15) is 11.4 Å². The van der Waals surface area contributed by atoms with E-state index in [0.29, 0.717) is 0 Å². The van der Waals surface area contributed by atoms with Crippen molar-refractivity contribution in [1.29, 1.82) is 0 Å². The van der Waals surface area contributed by atoms with Crippen LogP contribution in [0, 0.1) is 13.8 Å². The van der Waals surface area contributed by atoms with Crippen molar-refractivity contribution in [3.8, 4) is 0 Å². The van der Waals surface area contributed by atoms with Gasteiger partial charge in [-0.2, -0.15) is 5.10 Å². The summed E-state index contributed by atoms with van der Waals surface area (Å²) < 4.78 is 0. The maximum Gasteiger partial charge on any atom is 0.151 e. The molecule has 0 spiro atoms. The van der Waals surface area contributed by atoms with Crippen LogP contribution >= 0.6 is 0 Å². The Hall–Kier alpha value is -2.24. The third-order valence-corrected chi connectivity index (χ3v) is 3.50. The van der Waals surface area contributed by atoms with Gasteiger partial charge in [0, 0.05) is 37.9 Å². The fraction of sp³-hybridized carbons (Fsp3) is 0.429. The second kappa shape index (κ2) is 5.40. The molecule has 3 heterocycles. The van der Waals surface area contributed by atoms with Crippen LogP contribution in [0.25, 0.3) is 0 Å². The molecule has 0 aromatic carbocycles. The Labute approximate surface area is 118 Å². The van der Waals surface area contributed by atoms with Crippen molar-refractivity contribution in [2.45, 2.75) is 13.8 Å². The zero-order chi connectivity index (χ0) is 13.9. The Balaban J connectivity index is 1.66. The average Bonchev–Trinajstić information content (AvgIpc) is 2.48. The van der Waals surface area contributed by atoms with Gasteiger partial charge in [-0.1, -0.05) is 0 Å². The van der Waals surface area contributed by atoms with E-state index in [2.05, 4.69) is 30.0 Å². The summed E-state index contributed by atoms with van der Waals surface area (Å²) in [7, 11) is 0. The lowest BCUT2D eigenvalue weighted by atomic mass is 10.3. The number of anilines is 2. The summed E-state index contributed by atoms with van der Waals surface area (Å²) in [6.07, 6.45) is 1.63. The summed E-state index contributed by atoms with van der Waals surface area (Å²) in [5.74, 6) is 1.96. The van der Waals surface area contributed by atoms with Crippen molar-refractivity contribution in [2.75, 3.05) is 36.0 Å². The van der Waals surface area contributed by atoms with Crippen molar-refractivity contribution in [3.63, 3.8) is 0 Å². The molecule has 1 aliphatic heterocycles. The molecule has 2 aromatic heterocycles. The number of hydrogen-bond donors (Lipinski definition) is 0. The molecule has 0 N–H and O–H groups in total. The number of piperazine rings is 1. The first-order valence-corrected chi connectivity index (χ1v) is 6.81. The van der Waals surface area contributed by atoms with Crippen LogP contribution in [0.4, 0.5) is 11.6 Å². The van der Waals surface area contributed by atoms with Gasteiger partial charge in [0.1, 0.15) is 12.1 Å². The van der Waals surface area contributed by atoms with Gasteiger partial charge in [0.15, 0.2) is 5.82 Å². The molecule has 1 fully saturated rings. The molecule has 0 saturated carbocycles. The number of rotatable bonds is 2. The fourth-order valence-electron chi connectivity index (χ4n) is 2.34. The predicted molar refractivity (Wildman–Crippen MR) is 78.0 cm³/mol. The van der Waals surface area contributed by atoms with Crippen molar-refractivity contribution in [2.24, 2.45) is 0 Å². The monoisotopic (exact) mass is 270 g/mol. The molecule has 2 aromatic rings. The van der Waals surface area contributed by atoms with Crippen LogP contribution in [0.5, 0.6) is 0 Å². The molecule has 0 aliphatic carbocycles. The molecular formula is C14H18N6. The van der Waals surface area contributed by atoms with Crippen LogP contribution < -0.4 is 9.80 Å². The summed E-state index contributed by atoms with van der Waals surface area (Å²) in [5, 5.41) is 8.36. The van der Waals surface area contributed by atoms with Gasteiger partial charge in [-0.3, -0.25) is 0 Å². The first-order chi connectivity index (χ1) is 9.72. The normalized spacial score (nSPS) is 15.5. The quantitative estimate of drug-likeness (QED) is 0.817. The van der Waals surface area contributed by atoms with Gasteiger partial charge >= 0.3 is 0 Å². The largest absolute Gasteiger partial charge is 0.353 e. The topological polar surface area (TPSA) is 58.0 Å². The lowest BCUT2D eigenvalue weighted by Crippen LogP contribution is -2.47. The van der Waals surface area contributed by atoms with Gasteiger partial charge in [-0.05, 0) is 26.0 Å². The Morgan fingerprint density at radius 3 is 2.10 bits per heavy atom. The molecule has 6 heteroatoms. The van der Waals surface area contributed by atoms with E-state index in [1.165, 1.54) is 0 Å². The summed E-state index contributed by atoms with van der Waals surface area (Å²) >= 11 is 0.